The van der Waals surface area contributed by atoms with Gasteiger partial charge < -0.3 is 24.8 Å². The van der Waals surface area contributed by atoms with Crippen LogP contribution in [0, 0.1) is 0 Å². The van der Waals surface area contributed by atoms with Crippen molar-refractivity contribution >= 4 is 12.0 Å². The summed E-state index contributed by atoms with van der Waals surface area (Å²) in [6.45, 7) is 9.64. The molecule has 1 unspecified atom stereocenters. The summed E-state index contributed by atoms with van der Waals surface area (Å²) in [7, 11) is 0. The van der Waals surface area contributed by atoms with Crippen LogP contribution in [0.2, 0.25) is 13.1 Å². The molecule has 28 heavy (non-hydrogen) atoms. The number of halogens is 2. The molecule has 1 aliphatic carbocycles. The molecule has 4 heteroatoms. The molecule has 2 aromatic rings. The van der Waals surface area contributed by atoms with Crippen molar-refractivity contribution in [3.8, 4) is 11.1 Å². The average Bonchev–Trinajstić information content (AvgIpc) is 2.98. The van der Waals surface area contributed by atoms with Gasteiger partial charge in [0.2, 0.25) is 0 Å². The molecule has 0 saturated carbocycles. The number of fused-ring (bicyclic) bond motifs is 1. The maximum atomic E-state index is 2.56. The first-order valence-corrected chi connectivity index (χ1v) is 17.7. The number of rotatable bonds is 8. The molecule has 0 spiro atoms. The van der Waals surface area contributed by atoms with E-state index >= 15 is 0 Å². The van der Waals surface area contributed by atoms with E-state index in [1.165, 1.54) is 54.4 Å². The molecule has 0 N–H and O–H groups in total. The third-order valence-corrected chi connectivity index (χ3v) is 14.1. The van der Waals surface area contributed by atoms with E-state index in [-0.39, 0.29) is 53.1 Å². The molecule has 0 fully saturated rings. The van der Waals surface area contributed by atoms with E-state index in [0.29, 0.717) is 0 Å². The van der Waals surface area contributed by atoms with Gasteiger partial charge in [0.25, 0.3) is 0 Å². The van der Waals surface area contributed by atoms with Crippen molar-refractivity contribution in [1.82, 2.24) is 0 Å². The van der Waals surface area contributed by atoms with Gasteiger partial charge >= 0.3 is 173 Å². The van der Waals surface area contributed by atoms with E-state index in [1.54, 1.807) is 11.1 Å². The van der Waals surface area contributed by atoms with Crippen LogP contribution < -0.4 is 24.8 Å². The molecule has 3 rings (SSSR count). The fraction of sp³-hybridized carbons (Fsp3) is 0.417. The van der Waals surface area contributed by atoms with Gasteiger partial charge in [-0.25, -0.2) is 0 Å². The van der Waals surface area contributed by atoms with Crippen LogP contribution in [0.5, 0.6) is 0 Å². The van der Waals surface area contributed by atoms with Crippen LogP contribution in [0.4, 0.5) is 0 Å². The topological polar surface area (TPSA) is 0 Å². The molecule has 0 heterocycles. The first-order chi connectivity index (χ1) is 12.6. The van der Waals surface area contributed by atoms with Gasteiger partial charge in [0.05, 0.1) is 0 Å². The molecule has 0 amide bonds. The average molecular weight is 510 g/mol. The summed E-state index contributed by atoms with van der Waals surface area (Å²) in [5.41, 5.74) is 9.24. The predicted octanol–water partition coefficient (Wildman–Crippen LogP) is 1.28. The van der Waals surface area contributed by atoms with Crippen molar-refractivity contribution in [2.24, 2.45) is 0 Å². The third kappa shape index (κ3) is 6.18. The molecule has 1 atom stereocenters. The first-order valence-electron chi connectivity index (χ1n) is 10.1. The van der Waals surface area contributed by atoms with Crippen LogP contribution in [0.3, 0.4) is 0 Å². The smallest absolute Gasteiger partial charge is 1.00 e. The predicted molar refractivity (Wildman–Crippen MR) is 114 cm³/mol. The summed E-state index contributed by atoms with van der Waals surface area (Å²) in [6, 6.07) is 16.4. The van der Waals surface area contributed by atoms with E-state index in [4.69, 9.17) is 0 Å². The molecule has 0 nitrogen and oxygen atoms in total. The van der Waals surface area contributed by atoms with Crippen molar-refractivity contribution < 1.29 is 47.2 Å². The molecule has 1 radical (unpaired) electrons. The zero-order chi connectivity index (χ0) is 18.5. The summed E-state index contributed by atoms with van der Waals surface area (Å²) in [4.78, 5) is 0. The molecular formula is C24H31Cl2SiZr. The SMILES string of the molecule is CCCCc1ccc(-c2cccc3c2C=C(CCC)[CH]3[Zr+2][Si](C)C)cc1.[Cl-].[Cl-]. The second kappa shape index (κ2) is 12.5. The second-order valence-electron chi connectivity index (χ2n) is 7.66. The number of hydrogen-bond acceptors (Lipinski definition) is 0. The van der Waals surface area contributed by atoms with Crippen LogP contribution in [-0.4, -0.2) is 5.92 Å². The Morgan fingerprint density at radius 1 is 0.893 bits per heavy atom. The summed E-state index contributed by atoms with van der Waals surface area (Å²) < 4.78 is 0.834. The number of unbranched alkanes of at least 4 members (excludes halogenated alkanes) is 1. The van der Waals surface area contributed by atoms with Crippen LogP contribution in [-0.2, 0) is 28.8 Å². The van der Waals surface area contributed by atoms with E-state index in [1.807, 2.05) is 0 Å². The van der Waals surface area contributed by atoms with E-state index in [0.717, 1.165) is 3.63 Å². The van der Waals surface area contributed by atoms with Gasteiger partial charge in [-0.05, 0) is 0 Å². The molecule has 149 valence electrons. The Hall–Kier alpha value is -0.140. The largest absolute Gasteiger partial charge is 1.00 e. The van der Waals surface area contributed by atoms with Crippen molar-refractivity contribution in [3.63, 3.8) is 0 Å². The molecule has 0 aliphatic heterocycles. The Kier molecular flexibility index (Phi) is 11.6. The van der Waals surface area contributed by atoms with Crippen molar-refractivity contribution in [2.75, 3.05) is 0 Å². The molecule has 0 aromatic heterocycles. The van der Waals surface area contributed by atoms with Crippen LogP contribution in [0.25, 0.3) is 17.2 Å². The minimum atomic E-state index is -0.345. The standard InChI is InChI=1S/C22H25.C2H6Si.2ClH.Zr/c1-3-5-8-17-11-13-19(14-12-17)21-10-6-9-20-15-18(7-4-2)16-22(20)21;1-3-2;;;/h6,9-16H,3-5,7-8H2,1-2H3;1-2H3;2*1H;/q;;;;+2/p-2. The van der Waals surface area contributed by atoms with Gasteiger partial charge in [-0.2, -0.15) is 0 Å². The fourth-order valence-electron chi connectivity index (χ4n) is 3.91. The Balaban J connectivity index is 0.00000196. The number of benzene rings is 2. The summed E-state index contributed by atoms with van der Waals surface area (Å²) in [6.07, 6.45) is 8.88. The fourth-order valence-corrected chi connectivity index (χ4v) is 12.8. The van der Waals surface area contributed by atoms with Gasteiger partial charge in [-0.15, -0.1) is 0 Å². The zero-order valence-corrected chi connectivity index (χ0v) is 22.5. The Morgan fingerprint density at radius 2 is 1.61 bits per heavy atom. The molecule has 2 aromatic carbocycles. The third-order valence-electron chi connectivity index (χ3n) is 5.21. The minimum Gasteiger partial charge on any atom is -1.00 e. The van der Waals surface area contributed by atoms with Gasteiger partial charge in [0.15, 0.2) is 0 Å². The second-order valence-corrected chi connectivity index (χ2v) is 20.9. The molecule has 0 saturated heterocycles. The Labute approximate surface area is 196 Å². The zero-order valence-electron chi connectivity index (χ0n) is 17.5. The van der Waals surface area contributed by atoms with Crippen molar-refractivity contribution in [1.29, 1.82) is 0 Å². The van der Waals surface area contributed by atoms with Gasteiger partial charge in [0.1, 0.15) is 0 Å². The number of hydrogen-bond donors (Lipinski definition) is 0. The number of allylic oxidation sites excluding steroid dienone is 1. The minimum absolute atomic E-state index is 0. The van der Waals surface area contributed by atoms with Gasteiger partial charge in [-0.3, -0.25) is 0 Å². The van der Waals surface area contributed by atoms with Crippen molar-refractivity contribution in [3.05, 3.63) is 64.7 Å². The van der Waals surface area contributed by atoms with E-state index in [9.17, 15) is 0 Å². The Morgan fingerprint density at radius 3 is 2.21 bits per heavy atom. The van der Waals surface area contributed by atoms with Crippen LogP contribution >= 0.6 is 0 Å². The van der Waals surface area contributed by atoms with Gasteiger partial charge in [-0.1, -0.05) is 0 Å². The summed E-state index contributed by atoms with van der Waals surface area (Å²) in [5.74, 6) is -0.0714. The van der Waals surface area contributed by atoms with E-state index in [2.05, 4.69) is 75.5 Å². The molecular weight excluding hydrogens is 478 g/mol. The van der Waals surface area contributed by atoms with Crippen molar-refractivity contribution in [2.45, 2.75) is 62.7 Å². The maximum Gasteiger partial charge on any atom is -1.00 e. The van der Waals surface area contributed by atoms with E-state index < -0.39 is 0 Å². The van der Waals surface area contributed by atoms with Crippen LogP contribution in [0.15, 0.2) is 48.0 Å². The monoisotopic (exact) mass is 507 g/mol. The molecule has 0 bridgehead atoms. The quantitative estimate of drug-likeness (QED) is 0.471. The first kappa shape index (κ1) is 25.9. The molecule has 1 aliphatic rings. The van der Waals surface area contributed by atoms with Crippen LogP contribution in [0.1, 0.15) is 59.8 Å². The number of aryl methyl sites for hydroxylation is 1. The summed E-state index contributed by atoms with van der Waals surface area (Å²) >= 11 is -0.345. The Bertz CT molecular complexity index is 769. The van der Waals surface area contributed by atoms with Gasteiger partial charge in [0, 0.05) is 0 Å². The summed E-state index contributed by atoms with van der Waals surface area (Å²) in [5, 5.41) is 0. The maximum absolute atomic E-state index is 2.56. The normalized spacial score (nSPS) is 14.6.